The zero-order chi connectivity index (χ0) is 14.1. The second-order valence-electron chi connectivity index (χ2n) is 4.01. The Morgan fingerprint density at radius 3 is 2.50 bits per heavy atom. The molecule has 2 amide bonds. The Morgan fingerprint density at radius 1 is 1.44 bits per heavy atom. The third-order valence-electron chi connectivity index (χ3n) is 2.59. The van der Waals surface area contributed by atoms with Crippen molar-refractivity contribution < 1.29 is 19.5 Å². The lowest BCUT2D eigenvalue weighted by atomic mass is 10.1. The maximum Gasteiger partial charge on any atom is 0.331 e. The van der Waals surface area contributed by atoms with Crippen molar-refractivity contribution in [3.05, 3.63) is 11.6 Å². The van der Waals surface area contributed by atoms with Crippen LogP contribution in [0.25, 0.3) is 0 Å². The number of hydrogen-bond acceptors (Lipinski definition) is 3. The van der Waals surface area contributed by atoms with E-state index in [-0.39, 0.29) is 24.1 Å². The molecule has 6 nitrogen and oxygen atoms in total. The summed E-state index contributed by atoms with van der Waals surface area (Å²) < 4.78 is 0. The van der Waals surface area contributed by atoms with Crippen molar-refractivity contribution in [2.24, 2.45) is 0 Å². The summed E-state index contributed by atoms with van der Waals surface area (Å²) in [5.74, 6) is -1.25. The van der Waals surface area contributed by atoms with Crippen LogP contribution in [0, 0.1) is 0 Å². The third-order valence-corrected chi connectivity index (χ3v) is 2.59. The van der Waals surface area contributed by atoms with E-state index in [1.54, 1.807) is 13.1 Å². The van der Waals surface area contributed by atoms with Crippen LogP contribution in [-0.4, -0.2) is 47.9 Å². The molecule has 0 rings (SSSR count). The van der Waals surface area contributed by atoms with Crippen molar-refractivity contribution in [3.8, 4) is 0 Å². The molecule has 0 aliphatic carbocycles. The maximum atomic E-state index is 11.7. The molecule has 0 radical (unpaired) electrons. The number of carboxylic acid groups (broad SMARTS) is 1. The highest BCUT2D eigenvalue weighted by atomic mass is 16.4. The summed E-state index contributed by atoms with van der Waals surface area (Å²) in [5, 5.41) is 11.1. The van der Waals surface area contributed by atoms with E-state index in [0.717, 1.165) is 6.42 Å². The van der Waals surface area contributed by atoms with Gasteiger partial charge in [-0.3, -0.25) is 9.59 Å². The van der Waals surface area contributed by atoms with Gasteiger partial charge in [0.15, 0.2) is 0 Å². The van der Waals surface area contributed by atoms with Crippen LogP contribution in [0.2, 0.25) is 0 Å². The van der Waals surface area contributed by atoms with Gasteiger partial charge in [-0.15, -0.1) is 0 Å². The molecule has 0 aliphatic heterocycles. The fourth-order valence-corrected chi connectivity index (χ4v) is 1.48. The van der Waals surface area contributed by atoms with Crippen molar-refractivity contribution in [1.29, 1.82) is 0 Å². The van der Waals surface area contributed by atoms with Gasteiger partial charge in [-0.1, -0.05) is 19.4 Å². The molecule has 0 saturated carbocycles. The number of aliphatic carboxylic acids is 1. The number of carboxylic acids is 1. The smallest absolute Gasteiger partial charge is 0.331 e. The Labute approximate surface area is 107 Å². The second-order valence-corrected chi connectivity index (χ2v) is 4.01. The molecule has 0 spiro atoms. The second kappa shape index (κ2) is 8.27. The van der Waals surface area contributed by atoms with E-state index < -0.39 is 5.97 Å². The number of likely N-dealkylation sites (N-methyl/N-ethyl adjacent to an activating group) is 1. The molecule has 0 aromatic carbocycles. The van der Waals surface area contributed by atoms with Gasteiger partial charge in [0.1, 0.15) is 0 Å². The Bertz CT molecular complexity index is 339. The van der Waals surface area contributed by atoms with Crippen LogP contribution in [0.5, 0.6) is 0 Å². The van der Waals surface area contributed by atoms with Crippen LogP contribution in [0.3, 0.4) is 0 Å². The Balaban J connectivity index is 4.77. The topological polar surface area (TPSA) is 86.7 Å². The average Bonchev–Trinajstić information content (AvgIpc) is 2.34. The molecule has 0 bridgehead atoms. The number of nitrogens with one attached hydrogen (secondary N) is 1. The van der Waals surface area contributed by atoms with Crippen LogP contribution < -0.4 is 5.32 Å². The lowest BCUT2D eigenvalue weighted by Gasteiger charge is -2.25. The molecule has 18 heavy (non-hydrogen) atoms. The third kappa shape index (κ3) is 5.47. The van der Waals surface area contributed by atoms with E-state index in [4.69, 9.17) is 5.11 Å². The molecular formula is C12H20N2O4. The van der Waals surface area contributed by atoms with E-state index in [1.807, 2.05) is 6.92 Å². The van der Waals surface area contributed by atoms with Gasteiger partial charge in [0.05, 0.1) is 12.6 Å². The quantitative estimate of drug-likeness (QED) is 0.486. The molecule has 0 heterocycles. The number of hydrogen-bond donors (Lipinski definition) is 2. The molecule has 0 saturated heterocycles. The molecule has 0 unspecified atom stereocenters. The molecule has 6 heteroatoms. The SMILES string of the molecule is CCC[C@@H](C=C(C)C(=O)O)N(C)C(=O)CNC=O. The van der Waals surface area contributed by atoms with Gasteiger partial charge in [-0.05, 0) is 13.3 Å². The maximum absolute atomic E-state index is 11.7. The first kappa shape index (κ1) is 16.1. The normalized spacial score (nSPS) is 12.7. The summed E-state index contributed by atoms with van der Waals surface area (Å²) in [5.41, 5.74) is 0.205. The van der Waals surface area contributed by atoms with Crippen molar-refractivity contribution >= 4 is 18.3 Å². The number of carbonyl (C=O) groups is 3. The predicted molar refractivity (Wildman–Crippen MR) is 66.9 cm³/mol. The lowest BCUT2D eigenvalue weighted by Crippen LogP contribution is -2.41. The molecule has 102 valence electrons. The Morgan fingerprint density at radius 2 is 2.06 bits per heavy atom. The van der Waals surface area contributed by atoms with Crippen molar-refractivity contribution in [3.63, 3.8) is 0 Å². The number of rotatable bonds is 8. The highest BCUT2D eigenvalue weighted by Crippen LogP contribution is 2.10. The zero-order valence-corrected chi connectivity index (χ0v) is 11.0. The molecule has 0 aromatic rings. The fraction of sp³-hybridized carbons (Fsp3) is 0.583. The van der Waals surface area contributed by atoms with Crippen LogP contribution in [-0.2, 0) is 14.4 Å². The van der Waals surface area contributed by atoms with Crippen molar-refractivity contribution in [2.75, 3.05) is 13.6 Å². The fourth-order valence-electron chi connectivity index (χ4n) is 1.48. The first-order valence-corrected chi connectivity index (χ1v) is 5.78. The first-order valence-electron chi connectivity index (χ1n) is 5.78. The Kier molecular flexibility index (Phi) is 7.42. The summed E-state index contributed by atoms with van der Waals surface area (Å²) in [6, 6.07) is -0.271. The van der Waals surface area contributed by atoms with E-state index in [2.05, 4.69) is 5.32 Å². The minimum absolute atomic E-state index is 0.0832. The van der Waals surface area contributed by atoms with Crippen LogP contribution in [0.4, 0.5) is 0 Å². The van der Waals surface area contributed by atoms with Crippen molar-refractivity contribution in [1.82, 2.24) is 10.2 Å². The molecule has 0 aliphatic rings. The molecular weight excluding hydrogens is 236 g/mol. The number of amides is 2. The first-order chi connectivity index (χ1) is 8.43. The van der Waals surface area contributed by atoms with E-state index in [1.165, 1.54) is 11.8 Å². The van der Waals surface area contributed by atoms with Gasteiger partial charge in [-0.25, -0.2) is 4.79 Å². The summed E-state index contributed by atoms with van der Waals surface area (Å²) in [6.45, 7) is 3.37. The Hall–Kier alpha value is -1.85. The predicted octanol–water partition coefficient (Wildman–Crippen LogP) is 0.390. The molecule has 0 fully saturated rings. The largest absolute Gasteiger partial charge is 0.478 e. The number of nitrogens with zero attached hydrogens (tertiary/aromatic N) is 1. The van der Waals surface area contributed by atoms with Gasteiger partial charge >= 0.3 is 5.97 Å². The van der Waals surface area contributed by atoms with E-state index in [0.29, 0.717) is 12.8 Å². The van der Waals surface area contributed by atoms with Gasteiger partial charge < -0.3 is 15.3 Å². The van der Waals surface area contributed by atoms with Crippen LogP contribution >= 0.6 is 0 Å². The standard InChI is InChI=1S/C12H20N2O4/c1-4-5-10(6-9(2)12(17)18)14(3)11(16)7-13-8-15/h6,8,10H,4-5,7H2,1-3H3,(H,13,15)(H,17,18)/t10-/m0/s1. The zero-order valence-electron chi connectivity index (χ0n) is 11.0. The molecule has 0 aromatic heterocycles. The molecule has 2 N–H and O–H groups in total. The highest BCUT2D eigenvalue weighted by molar-refractivity contribution is 5.86. The van der Waals surface area contributed by atoms with Crippen LogP contribution in [0.1, 0.15) is 26.7 Å². The minimum Gasteiger partial charge on any atom is -0.478 e. The summed E-state index contributed by atoms with van der Waals surface area (Å²) >= 11 is 0. The van der Waals surface area contributed by atoms with Crippen molar-refractivity contribution in [2.45, 2.75) is 32.7 Å². The van der Waals surface area contributed by atoms with Gasteiger partial charge in [0.25, 0.3) is 0 Å². The summed E-state index contributed by atoms with van der Waals surface area (Å²) in [7, 11) is 1.60. The highest BCUT2D eigenvalue weighted by Gasteiger charge is 2.18. The van der Waals surface area contributed by atoms with E-state index >= 15 is 0 Å². The number of carbonyl (C=O) groups excluding carboxylic acids is 2. The van der Waals surface area contributed by atoms with Gasteiger partial charge in [-0.2, -0.15) is 0 Å². The average molecular weight is 256 g/mol. The van der Waals surface area contributed by atoms with E-state index in [9.17, 15) is 14.4 Å². The lowest BCUT2D eigenvalue weighted by molar-refractivity contribution is -0.133. The molecule has 1 atom stereocenters. The van der Waals surface area contributed by atoms with Gasteiger partial charge in [0, 0.05) is 12.6 Å². The van der Waals surface area contributed by atoms with Gasteiger partial charge in [0.2, 0.25) is 12.3 Å². The summed E-state index contributed by atoms with van der Waals surface area (Å²) in [4.78, 5) is 34.0. The van der Waals surface area contributed by atoms with Crippen LogP contribution in [0.15, 0.2) is 11.6 Å². The minimum atomic E-state index is -0.997. The summed E-state index contributed by atoms with van der Waals surface area (Å²) in [6.07, 6.45) is 3.52. The monoisotopic (exact) mass is 256 g/mol.